The summed E-state index contributed by atoms with van der Waals surface area (Å²) in [4.78, 5) is 8.97. The van der Waals surface area contributed by atoms with E-state index in [4.69, 9.17) is 0 Å². The Morgan fingerprint density at radius 2 is 1.74 bits per heavy atom. The second kappa shape index (κ2) is 3.92. The summed E-state index contributed by atoms with van der Waals surface area (Å²) in [5.41, 5.74) is 4.30. The highest BCUT2D eigenvalue weighted by Gasteiger charge is 2.33. The standard InChI is InChI=1S/C16H16N2O/c1-10-16(2,3)14-8-12(9-17-15(14)18-10)11-4-6-13(19)7-5-11/h4-9,19H,1-3H3. The first-order chi connectivity index (χ1) is 8.98. The minimum Gasteiger partial charge on any atom is -0.508 e. The second-order valence-corrected chi connectivity index (χ2v) is 5.46. The first-order valence-electron chi connectivity index (χ1n) is 6.34. The maximum absolute atomic E-state index is 9.34. The van der Waals surface area contributed by atoms with Crippen molar-refractivity contribution in [3.8, 4) is 16.9 Å². The second-order valence-electron chi connectivity index (χ2n) is 5.46. The molecule has 2 heterocycles. The average molecular weight is 252 g/mol. The molecular weight excluding hydrogens is 236 g/mol. The van der Waals surface area contributed by atoms with Crippen molar-refractivity contribution in [2.24, 2.45) is 4.99 Å². The van der Waals surface area contributed by atoms with Crippen LogP contribution >= 0.6 is 0 Å². The van der Waals surface area contributed by atoms with Crippen molar-refractivity contribution in [2.75, 3.05) is 0 Å². The molecular formula is C16H16N2O. The summed E-state index contributed by atoms with van der Waals surface area (Å²) in [5, 5.41) is 9.34. The first kappa shape index (κ1) is 11.9. The van der Waals surface area contributed by atoms with Crippen molar-refractivity contribution >= 4 is 11.5 Å². The Bertz CT molecular complexity index is 670. The van der Waals surface area contributed by atoms with Crippen LogP contribution in [0.2, 0.25) is 0 Å². The lowest BCUT2D eigenvalue weighted by Gasteiger charge is -2.20. The highest BCUT2D eigenvalue weighted by molar-refractivity contribution is 5.99. The van der Waals surface area contributed by atoms with Gasteiger partial charge in [0.05, 0.1) is 0 Å². The third kappa shape index (κ3) is 1.82. The highest BCUT2D eigenvalue weighted by Crippen LogP contribution is 2.40. The minimum absolute atomic E-state index is 0.0603. The van der Waals surface area contributed by atoms with Gasteiger partial charge in [-0.2, -0.15) is 0 Å². The maximum Gasteiger partial charge on any atom is 0.155 e. The molecule has 3 nitrogen and oxygen atoms in total. The molecule has 0 fully saturated rings. The zero-order valence-corrected chi connectivity index (χ0v) is 11.3. The van der Waals surface area contributed by atoms with Crippen LogP contribution in [0, 0.1) is 0 Å². The van der Waals surface area contributed by atoms with Crippen LogP contribution in [0.3, 0.4) is 0 Å². The van der Waals surface area contributed by atoms with Crippen LogP contribution in [0.5, 0.6) is 5.75 Å². The Morgan fingerprint density at radius 1 is 1.05 bits per heavy atom. The number of hydrogen-bond acceptors (Lipinski definition) is 3. The van der Waals surface area contributed by atoms with Gasteiger partial charge in [0.1, 0.15) is 5.75 Å². The number of pyridine rings is 1. The van der Waals surface area contributed by atoms with Crippen molar-refractivity contribution in [3.63, 3.8) is 0 Å². The third-order valence-corrected chi connectivity index (χ3v) is 3.92. The summed E-state index contributed by atoms with van der Waals surface area (Å²) in [5.74, 6) is 1.10. The van der Waals surface area contributed by atoms with Gasteiger partial charge in [0.2, 0.25) is 0 Å². The fraction of sp³-hybridized carbons (Fsp3) is 0.250. The summed E-state index contributed by atoms with van der Waals surface area (Å²) < 4.78 is 0. The molecule has 1 N–H and O–H groups in total. The predicted octanol–water partition coefficient (Wildman–Crippen LogP) is 3.84. The molecule has 3 heteroatoms. The summed E-state index contributed by atoms with van der Waals surface area (Å²) in [6.07, 6.45) is 1.84. The summed E-state index contributed by atoms with van der Waals surface area (Å²) in [6, 6.07) is 9.32. The van der Waals surface area contributed by atoms with E-state index >= 15 is 0 Å². The predicted molar refractivity (Wildman–Crippen MR) is 77.1 cm³/mol. The average Bonchev–Trinajstić information content (AvgIpc) is 2.61. The molecule has 0 aliphatic carbocycles. The normalized spacial score (nSPS) is 16.1. The van der Waals surface area contributed by atoms with Gasteiger partial charge < -0.3 is 5.11 Å². The van der Waals surface area contributed by atoms with Gasteiger partial charge in [0.15, 0.2) is 5.82 Å². The number of phenols is 1. The van der Waals surface area contributed by atoms with Crippen LogP contribution < -0.4 is 0 Å². The van der Waals surface area contributed by atoms with Gasteiger partial charge in [-0.05, 0) is 30.7 Å². The molecule has 1 aliphatic heterocycles. The van der Waals surface area contributed by atoms with Gasteiger partial charge in [-0.1, -0.05) is 26.0 Å². The molecule has 1 aromatic heterocycles. The third-order valence-electron chi connectivity index (χ3n) is 3.92. The van der Waals surface area contributed by atoms with Crippen molar-refractivity contribution in [2.45, 2.75) is 26.2 Å². The number of fused-ring (bicyclic) bond motifs is 1. The zero-order chi connectivity index (χ0) is 13.6. The number of phenolic OH excluding ortho intramolecular Hbond substituents is 1. The van der Waals surface area contributed by atoms with Crippen LogP contribution in [0.15, 0.2) is 41.5 Å². The van der Waals surface area contributed by atoms with Gasteiger partial charge in [-0.3, -0.25) is 0 Å². The van der Waals surface area contributed by atoms with E-state index in [0.717, 1.165) is 28.2 Å². The molecule has 1 aliphatic rings. The van der Waals surface area contributed by atoms with Crippen LogP contribution in [0.4, 0.5) is 5.82 Å². The maximum atomic E-state index is 9.34. The Kier molecular flexibility index (Phi) is 2.45. The van der Waals surface area contributed by atoms with Crippen LogP contribution in [0.1, 0.15) is 26.3 Å². The molecule has 0 amide bonds. The number of aromatic hydroxyl groups is 1. The summed E-state index contributed by atoms with van der Waals surface area (Å²) >= 11 is 0. The van der Waals surface area contributed by atoms with Crippen molar-refractivity contribution in [1.29, 1.82) is 0 Å². The fourth-order valence-electron chi connectivity index (χ4n) is 2.31. The highest BCUT2D eigenvalue weighted by atomic mass is 16.3. The molecule has 0 atom stereocenters. The number of aliphatic imine (C=N–C) groups is 1. The lowest BCUT2D eigenvalue weighted by atomic mass is 9.82. The Labute approximate surface area is 112 Å². The molecule has 2 aromatic rings. The Hall–Kier alpha value is -2.16. The fourth-order valence-corrected chi connectivity index (χ4v) is 2.31. The van der Waals surface area contributed by atoms with Crippen LogP contribution in [0.25, 0.3) is 11.1 Å². The van der Waals surface area contributed by atoms with Crippen LogP contribution in [-0.2, 0) is 5.41 Å². The smallest absolute Gasteiger partial charge is 0.155 e. The van der Waals surface area contributed by atoms with Crippen molar-refractivity contribution in [3.05, 3.63) is 42.1 Å². The quantitative estimate of drug-likeness (QED) is 0.838. The van der Waals surface area contributed by atoms with Gasteiger partial charge in [-0.25, -0.2) is 9.98 Å². The van der Waals surface area contributed by atoms with Crippen molar-refractivity contribution in [1.82, 2.24) is 4.98 Å². The number of benzene rings is 1. The molecule has 0 bridgehead atoms. The molecule has 0 radical (unpaired) electrons. The van der Waals surface area contributed by atoms with E-state index in [1.54, 1.807) is 12.1 Å². The van der Waals surface area contributed by atoms with Crippen molar-refractivity contribution < 1.29 is 5.11 Å². The van der Waals surface area contributed by atoms with E-state index in [0.29, 0.717) is 0 Å². The zero-order valence-electron chi connectivity index (χ0n) is 11.3. The molecule has 0 unspecified atom stereocenters. The molecule has 19 heavy (non-hydrogen) atoms. The number of hydrogen-bond donors (Lipinski definition) is 1. The minimum atomic E-state index is -0.0603. The Balaban J connectivity index is 2.10. The van der Waals surface area contributed by atoms with E-state index in [-0.39, 0.29) is 11.2 Å². The number of aromatic nitrogens is 1. The van der Waals surface area contributed by atoms with E-state index in [9.17, 15) is 5.11 Å². The largest absolute Gasteiger partial charge is 0.508 e. The Morgan fingerprint density at radius 3 is 2.42 bits per heavy atom. The van der Waals surface area contributed by atoms with Crippen LogP contribution in [-0.4, -0.2) is 15.8 Å². The van der Waals surface area contributed by atoms with Gasteiger partial charge in [-0.15, -0.1) is 0 Å². The summed E-state index contributed by atoms with van der Waals surface area (Å²) in [6.45, 7) is 6.38. The monoisotopic (exact) mass is 252 g/mol. The van der Waals surface area contributed by atoms with Gasteiger partial charge >= 0.3 is 0 Å². The lowest BCUT2D eigenvalue weighted by Crippen LogP contribution is -2.22. The van der Waals surface area contributed by atoms with E-state index in [1.165, 1.54) is 0 Å². The van der Waals surface area contributed by atoms with E-state index in [2.05, 4.69) is 29.9 Å². The molecule has 3 rings (SSSR count). The molecule has 1 aromatic carbocycles. The molecule has 0 spiro atoms. The van der Waals surface area contributed by atoms with Gasteiger partial charge in [0, 0.05) is 28.5 Å². The molecule has 96 valence electrons. The molecule has 0 saturated carbocycles. The summed E-state index contributed by atoms with van der Waals surface area (Å²) in [7, 11) is 0. The SMILES string of the molecule is CC1=Nc2ncc(-c3ccc(O)cc3)cc2C1(C)C. The van der Waals surface area contributed by atoms with E-state index < -0.39 is 0 Å². The number of rotatable bonds is 1. The lowest BCUT2D eigenvalue weighted by molar-refractivity contribution is 0.475. The molecule has 0 saturated heterocycles. The number of nitrogens with zero attached hydrogens (tertiary/aromatic N) is 2. The van der Waals surface area contributed by atoms with E-state index in [1.807, 2.05) is 25.3 Å². The van der Waals surface area contributed by atoms with Gasteiger partial charge in [0.25, 0.3) is 0 Å². The topological polar surface area (TPSA) is 45.5 Å². The first-order valence-corrected chi connectivity index (χ1v) is 6.34.